The van der Waals surface area contributed by atoms with Gasteiger partial charge in [-0.3, -0.25) is 4.98 Å². The maximum atomic E-state index is 6.06. The zero-order chi connectivity index (χ0) is 13.1. The first kappa shape index (κ1) is 13.9. The summed E-state index contributed by atoms with van der Waals surface area (Å²) in [6.45, 7) is 0.358. The quantitative estimate of drug-likeness (QED) is 0.743. The van der Waals surface area contributed by atoms with Crippen molar-refractivity contribution >= 4 is 43.5 Å². The monoisotopic (exact) mass is 391 g/mol. The van der Waals surface area contributed by atoms with Crippen LogP contribution >= 0.6 is 43.5 Å². The molecule has 0 saturated heterocycles. The summed E-state index contributed by atoms with van der Waals surface area (Å²) in [6.07, 6.45) is 3.38. The summed E-state index contributed by atoms with van der Waals surface area (Å²) in [5, 5.41) is 0.354. The molecule has 7 heteroatoms. The fourth-order valence-corrected chi connectivity index (χ4v) is 2.20. The van der Waals surface area contributed by atoms with E-state index >= 15 is 0 Å². The topological polar surface area (TPSA) is 47.9 Å². The highest BCUT2D eigenvalue weighted by atomic mass is 79.9. The molecule has 2 aromatic heterocycles. The van der Waals surface area contributed by atoms with Crippen molar-refractivity contribution in [3.05, 3.63) is 38.3 Å². The Hall–Kier alpha value is -0.560. The fourth-order valence-electron chi connectivity index (χ4n) is 1.36. The molecule has 0 atom stereocenters. The fraction of sp³-hybridized carbons (Fsp3) is 0.182. The number of aromatic nitrogens is 3. The largest absolute Gasteiger partial charge is 0.378 e. The summed E-state index contributed by atoms with van der Waals surface area (Å²) in [4.78, 5) is 12.7. The van der Waals surface area contributed by atoms with Crippen molar-refractivity contribution in [1.82, 2.24) is 15.0 Å². The number of pyridine rings is 1. The minimum atomic E-state index is 0.354. The Kier molecular flexibility index (Phi) is 4.66. The van der Waals surface area contributed by atoms with E-state index in [9.17, 15) is 0 Å². The number of methoxy groups -OCH3 is 1. The molecule has 2 heterocycles. The van der Waals surface area contributed by atoms with E-state index in [1.165, 1.54) is 0 Å². The zero-order valence-corrected chi connectivity index (χ0v) is 13.3. The van der Waals surface area contributed by atoms with Crippen LogP contribution < -0.4 is 0 Å². The summed E-state index contributed by atoms with van der Waals surface area (Å²) in [7, 11) is 1.60. The Bertz CT molecular complexity index is 580. The first-order valence-electron chi connectivity index (χ1n) is 4.93. The van der Waals surface area contributed by atoms with Crippen molar-refractivity contribution in [3.8, 4) is 11.4 Å². The highest BCUT2D eigenvalue weighted by molar-refractivity contribution is 9.10. The van der Waals surface area contributed by atoms with Gasteiger partial charge < -0.3 is 4.74 Å². The van der Waals surface area contributed by atoms with Crippen molar-refractivity contribution in [3.63, 3.8) is 0 Å². The lowest BCUT2D eigenvalue weighted by Gasteiger charge is -2.07. The van der Waals surface area contributed by atoms with Crippen molar-refractivity contribution < 1.29 is 4.74 Å². The van der Waals surface area contributed by atoms with Crippen LogP contribution in [0.4, 0.5) is 0 Å². The van der Waals surface area contributed by atoms with Crippen LogP contribution in [0.25, 0.3) is 11.4 Å². The molecule has 18 heavy (non-hydrogen) atoms. The van der Waals surface area contributed by atoms with Gasteiger partial charge in [0.15, 0.2) is 5.82 Å². The van der Waals surface area contributed by atoms with Gasteiger partial charge in [0.2, 0.25) is 0 Å². The average Bonchev–Trinajstić information content (AvgIpc) is 2.35. The lowest BCUT2D eigenvalue weighted by atomic mass is 10.2. The third kappa shape index (κ3) is 3.06. The average molecular weight is 393 g/mol. The van der Waals surface area contributed by atoms with Gasteiger partial charge in [0.1, 0.15) is 5.15 Å². The van der Waals surface area contributed by atoms with E-state index in [-0.39, 0.29) is 0 Å². The molecule has 2 aromatic rings. The molecule has 0 spiro atoms. The molecule has 0 saturated carbocycles. The van der Waals surface area contributed by atoms with Gasteiger partial charge in [-0.1, -0.05) is 11.6 Å². The van der Waals surface area contributed by atoms with Crippen LogP contribution in [-0.2, 0) is 11.3 Å². The number of rotatable bonds is 3. The molecule has 0 aliphatic heterocycles. The smallest absolute Gasteiger partial charge is 0.162 e. The van der Waals surface area contributed by atoms with E-state index in [1.54, 1.807) is 19.5 Å². The molecule has 0 unspecified atom stereocenters. The highest BCUT2D eigenvalue weighted by Gasteiger charge is 2.12. The van der Waals surface area contributed by atoms with E-state index in [2.05, 4.69) is 46.8 Å². The second-order valence-corrected chi connectivity index (χ2v) is 5.49. The van der Waals surface area contributed by atoms with Gasteiger partial charge in [-0.25, -0.2) is 9.97 Å². The zero-order valence-electron chi connectivity index (χ0n) is 9.32. The molecule has 94 valence electrons. The SMILES string of the molecule is COCc1nc(-c2cncc(Br)c2)nc(Cl)c1Br. The maximum Gasteiger partial charge on any atom is 0.162 e. The van der Waals surface area contributed by atoms with Crippen LogP contribution in [0, 0.1) is 0 Å². The molecule has 0 radical (unpaired) electrons. The van der Waals surface area contributed by atoms with E-state index in [1.807, 2.05) is 6.07 Å². The number of nitrogens with zero attached hydrogens (tertiary/aromatic N) is 3. The van der Waals surface area contributed by atoms with Crippen molar-refractivity contribution in [1.29, 1.82) is 0 Å². The Morgan fingerprint density at radius 3 is 2.72 bits per heavy atom. The first-order valence-corrected chi connectivity index (χ1v) is 6.90. The van der Waals surface area contributed by atoms with Crippen LogP contribution in [0.3, 0.4) is 0 Å². The lowest BCUT2D eigenvalue weighted by molar-refractivity contribution is 0.181. The second kappa shape index (κ2) is 6.06. The minimum absolute atomic E-state index is 0.354. The number of hydrogen-bond donors (Lipinski definition) is 0. The van der Waals surface area contributed by atoms with Gasteiger partial charge in [0.25, 0.3) is 0 Å². The number of ether oxygens (including phenoxy) is 1. The minimum Gasteiger partial charge on any atom is -0.378 e. The van der Waals surface area contributed by atoms with Gasteiger partial charge in [-0.2, -0.15) is 0 Å². The maximum absolute atomic E-state index is 6.06. The normalized spacial score (nSPS) is 10.7. The van der Waals surface area contributed by atoms with Crippen LogP contribution in [0.1, 0.15) is 5.69 Å². The van der Waals surface area contributed by atoms with E-state index in [4.69, 9.17) is 16.3 Å². The molecule has 2 rings (SSSR count). The van der Waals surface area contributed by atoms with Gasteiger partial charge in [-0.15, -0.1) is 0 Å². The Morgan fingerprint density at radius 1 is 1.28 bits per heavy atom. The standard InChI is InChI=1S/C11H8Br2ClN3O/c1-18-5-8-9(13)10(14)17-11(16-8)6-2-7(12)4-15-3-6/h2-4H,5H2,1H3. The van der Waals surface area contributed by atoms with Gasteiger partial charge in [-0.05, 0) is 37.9 Å². The second-order valence-electron chi connectivity index (χ2n) is 3.42. The summed E-state index contributed by atoms with van der Waals surface area (Å²) in [5.41, 5.74) is 1.49. The van der Waals surface area contributed by atoms with E-state index in [0.29, 0.717) is 27.8 Å². The van der Waals surface area contributed by atoms with E-state index in [0.717, 1.165) is 10.0 Å². The molecular formula is C11H8Br2ClN3O. The molecular weight excluding hydrogens is 385 g/mol. The summed E-state index contributed by atoms with van der Waals surface area (Å²) < 4.78 is 6.58. The van der Waals surface area contributed by atoms with Crippen molar-refractivity contribution in [2.45, 2.75) is 6.61 Å². The predicted molar refractivity (Wildman–Crippen MR) is 76.4 cm³/mol. The molecule has 0 amide bonds. The van der Waals surface area contributed by atoms with Crippen LogP contribution in [0.5, 0.6) is 0 Å². The van der Waals surface area contributed by atoms with Crippen LogP contribution in [0.2, 0.25) is 5.15 Å². The third-order valence-electron chi connectivity index (χ3n) is 2.12. The van der Waals surface area contributed by atoms with Crippen LogP contribution in [0.15, 0.2) is 27.4 Å². The Morgan fingerprint density at radius 2 is 2.06 bits per heavy atom. The molecule has 0 fully saturated rings. The molecule has 4 nitrogen and oxygen atoms in total. The van der Waals surface area contributed by atoms with Gasteiger partial charge in [0, 0.05) is 29.5 Å². The van der Waals surface area contributed by atoms with Crippen molar-refractivity contribution in [2.75, 3.05) is 7.11 Å². The lowest BCUT2D eigenvalue weighted by Crippen LogP contribution is -2.00. The molecule has 0 aliphatic rings. The third-order valence-corrected chi connectivity index (χ3v) is 3.89. The number of hydrogen-bond acceptors (Lipinski definition) is 4. The van der Waals surface area contributed by atoms with E-state index < -0.39 is 0 Å². The Labute approximate surface area is 126 Å². The number of halogens is 3. The highest BCUT2D eigenvalue weighted by Crippen LogP contribution is 2.27. The molecule has 0 bridgehead atoms. The van der Waals surface area contributed by atoms with Gasteiger partial charge in [0.05, 0.1) is 16.8 Å². The molecule has 0 aliphatic carbocycles. The van der Waals surface area contributed by atoms with Crippen molar-refractivity contribution in [2.24, 2.45) is 0 Å². The summed E-state index contributed by atoms with van der Waals surface area (Å²) in [6, 6.07) is 1.88. The van der Waals surface area contributed by atoms with Crippen LogP contribution in [-0.4, -0.2) is 22.1 Å². The summed E-state index contributed by atoms with van der Waals surface area (Å²) in [5.74, 6) is 0.518. The van der Waals surface area contributed by atoms with Gasteiger partial charge >= 0.3 is 0 Å². The predicted octanol–water partition coefficient (Wildman–Crippen LogP) is 3.86. The first-order chi connectivity index (χ1) is 8.61. The Balaban J connectivity index is 2.51. The summed E-state index contributed by atoms with van der Waals surface area (Å²) >= 11 is 12.8. The molecule has 0 aromatic carbocycles. The molecule has 0 N–H and O–H groups in total.